The number of alkyl carbamates (subject to hydrolysis) is 1. The van der Waals surface area contributed by atoms with Gasteiger partial charge in [-0.25, -0.2) is 9.78 Å². The third-order valence-corrected chi connectivity index (χ3v) is 2.66. The number of aromatic nitrogens is 2. The topological polar surface area (TPSA) is 59.4 Å². The van der Waals surface area contributed by atoms with Gasteiger partial charge < -0.3 is 19.5 Å². The van der Waals surface area contributed by atoms with Crippen LogP contribution in [0.15, 0.2) is 12.5 Å². The van der Waals surface area contributed by atoms with Gasteiger partial charge in [-0.15, -0.1) is 0 Å². The summed E-state index contributed by atoms with van der Waals surface area (Å²) in [4.78, 5) is 17.9. The predicted molar refractivity (Wildman–Crippen MR) is 78.6 cm³/mol. The van der Waals surface area contributed by atoms with Crippen LogP contribution in [0.4, 0.5) is 4.79 Å². The summed E-state index contributed by atoms with van der Waals surface area (Å²) in [5.74, 6) is 0. The van der Waals surface area contributed by atoms with Crippen LogP contribution in [-0.2, 0) is 11.3 Å². The second-order valence-corrected chi connectivity index (χ2v) is 6.26. The van der Waals surface area contributed by atoms with Crippen LogP contribution < -0.4 is 5.32 Å². The molecule has 0 aromatic carbocycles. The van der Waals surface area contributed by atoms with Crippen molar-refractivity contribution in [3.05, 3.63) is 18.2 Å². The Morgan fingerprint density at radius 1 is 1.50 bits per heavy atom. The largest absolute Gasteiger partial charge is 0.444 e. The van der Waals surface area contributed by atoms with Crippen molar-refractivity contribution < 1.29 is 9.53 Å². The summed E-state index contributed by atoms with van der Waals surface area (Å²) < 4.78 is 7.28. The summed E-state index contributed by atoms with van der Waals surface area (Å²) in [5.41, 5.74) is 0.480. The Balaban J connectivity index is 2.57. The van der Waals surface area contributed by atoms with Gasteiger partial charge in [0.1, 0.15) is 5.60 Å². The van der Waals surface area contributed by atoms with Crippen molar-refractivity contribution in [1.82, 2.24) is 19.8 Å². The number of likely N-dealkylation sites (N-methyl/N-ethyl adjacent to an activating group) is 1. The maximum absolute atomic E-state index is 11.6. The molecule has 1 aromatic rings. The van der Waals surface area contributed by atoms with Crippen molar-refractivity contribution in [2.75, 3.05) is 20.6 Å². The maximum atomic E-state index is 11.6. The Bertz CT molecular complexity index is 435. The maximum Gasteiger partial charge on any atom is 0.407 e. The second kappa shape index (κ2) is 6.74. The van der Waals surface area contributed by atoms with Gasteiger partial charge in [0.05, 0.1) is 18.6 Å². The minimum atomic E-state index is -0.484. The molecule has 0 saturated carbocycles. The molecule has 6 heteroatoms. The smallest absolute Gasteiger partial charge is 0.407 e. The van der Waals surface area contributed by atoms with Crippen LogP contribution in [0.3, 0.4) is 0 Å². The van der Waals surface area contributed by atoms with Gasteiger partial charge in [0, 0.05) is 18.8 Å². The molecule has 0 bridgehead atoms. The fourth-order valence-electron chi connectivity index (χ4n) is 1.96. The Morgan fingerprint density at radius 3 is 2.70 bits per heavy atom. The zero-order valence-corrected chi connectivity index (χ0v) is 13.3. The predicted octanol–water partition coefficient (Wildman–Crippen LogP) is 2.03. The minimum absolute atomic E-state index is 0.294. The highest BCUT2D eigenvalue weighted by Gasteiger charge is 2.17. The Morgan fingerprint density at radius 2 is 2.15 bits per heavy atom. The van der Waals surface area contributed by atoms with Crippen molar-refractivity contribution in [3.63, 3.8) is 0 Å². The van der Waals surface area contributed by atoms with E-state index >= 15 is 0 Å². The van der Waals surface area contributed by atoms with Gasteiger partial charge in [-0.05, 0) is 41.8 Å². The first-order valence-corrected chi connectivity index (χ1v) is 6.81. The third-order valence-electron chi connectivity index (χ3n) is 2.66. The number of carbonyl (C=O) groups excluding carboxylic acids is 1. The summed E-state index contributed by atoms with van der Waals surface area (Å²) in [5, 5.41) is 2.75. The van der Waals surface area contributed by atoms with E-state index in [1.165, 1.54) is 0 Å². The van der Waals surface area contributed by atoms with Crippen LogP contribution in [0.1, 0.15) is 39.4 Å². The first-order chi connectivity index (χ1) is 9.19. The zero-order valence-electron chi connectivity index (χ0n) is 13.3. The van der Waals surface area contributed by atoms with Gasteiger partial charge in [0.2, 0.25) is 0 Å². The van der Waals surface area contributed by atoms with E-state index in [1.807, 2.05) is 34.9 Å². The number of ether oxygens (including phenoxy) is 1. The van der Waals surface area contributed by atoms with E-state index in [9.17, 15) is 4.79 Å². The number of hydrogen-bond donors (Lipinski definition) is 1. The lowest BCUT2D eigenvalue weighted by Crippen LogP contribution is -2.33. The number of nitrogens with one attached hydrogen (secondary N) is 1. The average Bonchev–Trinajstić information content (AvgIpc) is 2.70. The van der Waals surface area contributed by atoms with E-state index in [0.717, 1.165) is 12.2 Å². The van der Waals surface area contributed by atoms with Crippen LogP contribution in [0.25, 0.3) is 0 Å². The Kier molecular flexibility index (Phi) is 5.56. The zero-order chi connectivity index (χ0) is 15.3. The van der Waals surface area contributed by atoms with Crippen LogP contribution in [0.2, 0.25) is 0 Å². The second-order valence-electron chi connectivity index (χ2n) is 6.26. The van der Waals surface area contributed by atoms with E-state index in [1.54, 1.807) is 12.5 Å². The lowest BCUT2D eigenvalue weighted by Gasteiger charge is -2.22. The monoisotopic (exact) mass is 282 g/mol. The number of amides is 1. The summed E-state index contributed by atoms with van der Waals surface area (Å²) in [7, 11) is 4.07. The van der Waals surface area contributed by atoms with Crippen LogP contribution >= 0.6 is 0 Å². The lowest BCUT2D eigenvalue weighted by molar-refractivity contribution is 0.0522. The van der Waals surface area contributed by atoms with Crippen LogP contribution in [0.5, 0.6) is 0 Å². The average molecular weight is 282 g/mol. The molecule has 20 heavy (non-hydrogen) atoms. The molecule has 1 rings (SSSR count). The SMILES string of the molecule is CC(CN(C)C)n1cncc1CNC(=O)OC(C)(C)C. The summed E-state index contributed by atoms with van der Waals surface area (Å²) >= 11 is 0. The molecule has 6 nitrogen and oxygen atoms in total. The normalized spacial score (nSPS) is 13.3. The van der Waals surface area contributed by atoms with E-state index in [4.69, 9.17) is 4.74 Å². The number of rotatable bonds is 5. The molecule has 0 aliphatic rings. The van der Waals surface area contributed by atoms with Crippen molar-refractivity contribution in [2.24, 2.45) is 0 Å². The fraction of sp³-hybridized carbons (Fsp3) is 0.714. The molecule has 0 aliphatic heterocycles. The molecule has 1 aromatic heterocycles. The van der Waals surface area contributed by atoms with Crippen molar-refractivity contribution in [1.29, 1.82) is 0 Å². The highest BCUT2D eigenvalue weighted by molar-refractivity contribution is 5.67. The lowest BCUT2D eigenvalue weighted by atomic mass is 10.2. The van der Waals surface area contributed by atoms with Gasteiger partial charge in [-0.2, -0.15) is 0 Å². The van der Waals surface area contributed by atoms with Crippen molar-refractivity contribution in [3.8, 4) is 0 Å². The van der Waals surface area contributed by atoms with Crippen molar-refractivity contribution >= 4 is 6.09 Å². The molecule has 1 atom stereocenters. The van der Waals surface area contributed by atoms with Gasteiger partial charge in [0.25, 0.3) is 0 Å². The molecule has 0 radical (unpaired) electrons. The van der Waals surface area contributed by atoms with E-state index in [0.29, 0.717) is 12.6 Å². The molecule has 0 fully saturated rings. The Hall–Kier alpha value is -1.56. The molecule has 1 N–H and O–H groups in total. The molecule has 1 amide bonds. The quantitative estimate of drug-likeness (QED) is 0.897. The number of carbonyl (C=O) groups is 1. The van der Waals surface area contributed by atoms with E-state index in [2.05, 4.69) is 26.7 Å². The standard InChI is InChI=1S/C14H26N4O2/c1-11(9-17(5)6)18-10-15-7-12(18)8-16-13(19)20-14(2,3)4/h7,10-11H,8-9H2,1-6H3,(H,16,19). The minimum Gasteiger partial charge on any atom is -0.444 e. The van der Waals surface area contributed by atoms with Gasteiger partial charge >= 0.3 is 6.09 Å². The van der Waals surface area contributed by atoms with Gasteiger partial charge in [-0.3, -0.25) is 0 Å². The first-order valence-electron chi connectivity index (χ1n) is 6.81. The summed E-state index contributed by atoms with van der Waals surface area (Å²) in [6.07, 6.45) is 3.15. The number of imidazole rings is 1. The molecule has 0 saturated heterocycles. The molecular weight excluding hydrogens is 256 g/mol. The molecular formula is C14H26N4O2. The highest BCUT2D eigenvalue weighted by Crippen LogP contribution is 2.11. The van der Waals surface area contributed by atoms with E-state index in [-0.39, 0.29) is 0 Å². The van der Waals surface area contributed by atoms with Crippen LogP contribution in [-0.4, -0.2) is 46.8 Å². The molecule has 1 unspecified atom stereocenters. The number of hydrogen-bond acceptors (Lipinski definition) is 4. The number of nitrogens with zero attached hydrogens (tertiary/aromatic N) is 3. The molecule has 1 heterocycles. The highest BCUT2D eigenvalue weighted by atomic mass is 16.6. The van der Waals surface area contributed by atoms with E-state index < -0.39 is 11.7 Å². The summed E-state index contributed by atoms with van der Waals surface area (Å²) in [6.45, 7) is 8.98. The molecule has 0 spiro atoms. The fourth-order valence-corrected chi connectivity index (χ4v) is 1.96. The van der Waals surface area contributed by atoms with Crippen LogP contribution in [0, 0.1) is 0 Å². The van der Waals surface area contributed by atoms with Gasteiger partial charge in [0.15, 0.2) is 0 Å². The van der Waals surface area contributed by atoms with Crippen molar-refractivity contribution in [2.45, 2.75) is 45.9 Å². The van der Waals surface area contributed by atoms with Gasteiger partial charge in [-0.1, -0.05) is 0 Å². The summed E-state index contributed by atoms with van der Waals surface area (Å²) in [6, 6.07) is 0.294. The molecule has 114 valence electrons. The third kappa shape index (κ3) is 5.61. The molecule has 0 aliphatic carbocycles. The Labute approximate surface area is 121 Å². The first kappa shape index (κ1) is 16.5.